The number of nitrogens with zero attached hydrogens (tertiary/aromatic N) is 2. The number of amides is 1. The summed E-state index contributed by atoms with van der Waals surface area (Å²) >= 11 is 6.00. The predicted octanol–water partition coefficient (Wildman–Crippen LogP) is 2.65. The number of esters is 1. The number of halogens is 1. The van der Waals surface area contributed by atoms with Crippen molar-refractivity contribution in [2.24, 2.45) is 0 Å². The number of ether oxygens (including phenoxy) is 1. The average Bonchev–Trinajstić information content (AvgIpc) is 3.16. The van der Waals surface area contributed by atoms with Gasteiger partial charge in [0.05, 0.1) is 22.3 Å². The molecule has 1 aromatic heterocycles. The first-order valence-corrected chi connectivity index (χ1v) is 10.6. The Balaban J connectivity index is 1.71. The molecule has 0 radical (unpaired) electrons. The number of hydrogen-bond acceptors (Lipinski definition) is 6. The summed E-state index contributed by atoms with van der Waals surface area (Å²) in [6.45, 7) is 1.41. The number of anilines is 1. The molecule has 0 saturated heterocycles. The van der Waals surface area contributed by atoms with E-state index < -0.39 is 28.0 Å². The third kappa shape index (κ3) is 4.45. The van der Waals surface area contributed by atoms with Crippen LogP contribution in [0, 0.1) is 0 Å². The highest BCUT2D eigenvalue weighted by Crippen LogP contribution is 2.27. The molecule has 30 heavy (non-hydrogen) atoms. The van der Waals surface area contributed by atoms with Crippen LogP contribution in [-0.2, 0) is 19.6 Å². The Morgan fingerprint density at radius 2 is 1.93 bits per heavy atom. The topological polar surface area (TPSA) is 121 Å². The SMILES string of the molecule is C[C@H](OC(=O)c1ccc2cn[nH]c2c1)C(=O)Nc1ccc(Cl)c(S(=O)(=O)N(C)C)c1. The van der Waals surface area contributed by atoms with E-state index in [2.05, 4.69) is 15.5 Å². The van der Waals surface area contributed by atoms with Crippen LogP contribution in [0.3, 0.4) is 0 Å². The fourth-order valence-corrected chi connectivity index (χ4v) is 3.96. The molecule has 2 aromatic carbocycles. The van der Waals surface area contributed by atoms with Gasteiger partial charge in [0.25, 0.3) is 5.91 Å². The van der Waals surface area contributed by atoms with Crippen molar-refractivity contribution in [3.05, 3.63) is 53.2 Å². The van der Waals surface area contributed by atoms with Gasteiger partial charge in [0.1, 0.15) is 4.90 Å². The van der Waals surface area contributed by atoms with Crippen LogP contribution in [-0.4, -0.2) is 55.0 Å². The third-order valence-electron chi connectivity index (χ3n) is 4.29. The summed E-state index contributed by atoms with van der Waals surface area (Å²) in [5.41, 5.74) is 1.13. The molecular weight excluding hydrogens is 432 g/mol. The number of carbonyl (C=O) groups excluding carboxylic acids is 2. The summed E-state index contributed by atoms with van der Waals surface area (Å²) < 4.78 is 30.9. The molecule has 1 heterocycles. The zero-order valence-corrected chi connectivity index (χ0v) is 17.9. The first kappa shape index (κ1) is 21.8. The minimum Gasteiger partial charge on any atom is -0.449 e. The van der Waals surface area contributed by atoms with Gasteiger partial charge >= 0.3 is 5.97 Å². The normalized spacial score (nSPS) is 12.7. The van der Waals surface area contributed by atoms with Crippen LogP contribution < -0.4 is 5.32 Å². The lowest BCUT2D eigenvalue weighted by Crippen LogP contribution is -2.30. The summed E-state index contributed by atoms with van der Waals surface area (Å²) in [5.74, 6) is -1.30. The molecule has 1 amide bonds. The summed E-state index contributed by atoms with van der Waals surface area (Å²) in [7, 11) is -1.05. The van der Waals surface area contributed by atoms with Gasteiger partial charge in [-0.25, -0.2) is 17.5 Å². The monoisotopic (exact) mass is 450 g/mol. The Morgan fingerprint density at radius 1 is 1.20 bits per heavy atom. The highest BCUT2D eigenvalue weighted by molar-refractivity contribution is 7.89. The number of fused-ring (bicyclic) bond motifs is 1. The molecule has 0 aliphatic carbocycles. The van der Waals surface area contributed by atoms with Crippen LogP contribution in [0.1, 0.15) is 17.3 Å². The molecule has 0 unspecified atom stereocenters. The highest BCUT2D eigenvalue weighted by Gasteiger charge is 2.23. The second-order valence-corrected chi connectivity index (χ2v) is 9.17. The van der Waals surface area contributed by atoms with Crippen LogP contribution in [0.5, 0.6) is 0 Å². The lowest BCUT2D eigenvalue weighted by atomic mass is 10.2. The second kappa shape index (κ2) is 8.42. The van der Waals surface area contributed by atoms with Crippen molar-refractivity contribution >= 4 is 50.1 Å². The Hall–Kier alpha value is -2.95. The Bertz CT molecular complexity index is 1220. The number of benzene rings is 2. The fraction of sp³-hybridized carbons (Fsp3) is 0.211. The average molecular weight is 451 g/mol. The quantitative estimate of drug-likeness (QED) is 0.557. The molecule has 1 atom stereocenters. The molecule has 0 aliphatic rings. The van der Waals surface area contributed by atoms with Crippen molar-refractivity contribution in [2.45, 2.75) is 17.9 Å². The summed E-state index contributed by atoms with van der Waals surface area (Å²) in [4.78, 5) is 24.6. The maximum Gasteiger partial charge on any atom is 0.338 e. The van der Waals surface area contributed by atoms with E-state index in [1.54, 1.807) is 24.4 Å². The van der Waals surface area contributed by atoms with Gasteiger partial charge in [0, 0.05) is 25.2 Å². The van der Waals surface area contributed by atoms with E-state index in [0.717, 1.165) is 9.69 Å². The minimum absolute atomic E-state index is 0.0235. The summed E-state index contributed by atoms with van der Waals surface area (Å²) in [6.07, 6.45) is 0.497. The molecule has 11 heteroatoms. The van der Waals surface area contributed by atoms with Crippen LogP contribution in [0.15, 0.2) is 47.5 Å². The standard InChI is InChI=1S/C19H19ClN4O5S/c1-11(29-19(26)12-4-5-13-10-21-23-16(13)8-12)18(25)22-14-6-7-15(20)17(9-14)30(27,28)24(2)3/h4-11H,1-3H3,(H,21,23)(H,22,25)/t11-/m0/s1. The largest absolute Gasteiger partial charge is 0.449 e. The maximum atomic E-state index is 12.4. The first-order valence-electron chi connectivity index (χ1n) is 8.76. The van der Waals surface area contributed by atoms with E-state index in [4.69, 9.17) is 16.3 Å². The van der Waals surface area contributed by atoms with Gasteiger partial charge in [0.2, 0.25) is 10.0 Å². The highest BCUT2D eigenvalue weighted by atomic mass is 35.5. The Morgan fingerprint density at radius 3 is 2.63 bits per heavy atom. The Kier molecular flexibility index (Phi) is 6.11. The van der Waals surface area contributed by atoms with Gasteiger partial charge in [-0.15, -0.1) is 0 Å². The smallest absolute Gasteiger partial charge is 0.338 e. The molecule has 158 valence electrons. The van der Waals surface area contributed by atoms with Crippen molar-refractivity contribution in [1.29, 1.82) is 0 Å². The van der Waals surface area contributed by atoms with Crippen molar-refractivity contribution in [1.82, 2.24) is 14.5 Å². The van der Waals surface area contributed by atoms with Gasteiger partial charge < -0.3 is 10.1 Å². The van der Waals surface area contributed by atoms with E-state index in [9.17, 15) is 18.0 Å². The molecular formula is C19H19ClN4O5S. The molecule has 3 rings (SSSR count). The van der Waals surface area contributed by atoms with Gasteiger partial charge in [-0.3, -0.25) is 9.89 Å². The predicted molar refractivity (Wildman–Crippen MR) is 112 cm³/mol. The number of rotatable bonds is 6. The molecule has 0 spiro atoms. The number of carbonyl (C=O) groups is 2. The molecule has 0 saturated carbocycles. The zero-order chi connectivity index (χ0) is 22.1. The number of aromatic nitrogens is 2. The van der Waals surface area contributed by atoms with E-state index >= 15 is 0 Å². The molecule has 0 aliphatic heterocycles. The third-order valence-corrected chi connectivity index (χ3v) is 6.58. The Labute approximate surface area is 178 Å². The second-order valence-electron chi connectivity index (χ2n) is 6.64. The van der Waals surface area contributed by atoms with Gasteiger partial charge in [0.15, 0.2) is 6.10 Å². The van der Waals surface area contributed by atoms with Crippen LogP contribution in [0.25, 0.3) is 10.9 Å². The fourth-order valence-electron chi connectivity index (χ4n) is 2.57. The molecule has 3 aromatic rings. The van der Waals surface area contributed by atoms with Gasteiger partial charge in [-0.05, 0) is 37.3 Å². The first-order chi connectivity index (χ1) is 14.1. The van der Waals surface area contributed by atoms with Crippen LogP contribution in [0.4, 0.5) is 5.69 Å². The molecule has 2 N–H and O–H groups in total. The van der Waals surface area contributed by atoms with Crippen LogP contribution in [0.2, 0.25) is 5.02 Å². The van der Waals surface area contributed by atoms with E-state index in [-0.39, 0.29) is 21.2 Å². The number of H-pyrrole nitrogens is 1. The number of nitrogens with one attached hydrogen (secondary N) is 2. The van der Waals surface area contributed by atoms with Gasteiger partial charge in [-0.2, -0.15) is 5.10 Å². The van der Waals surface area contributed by atoms with Gasteiger partial charge in [-0.1, -0.05) is 17.7 Å². The van der Waals surface area contributed by atoms with Crippen molar-refractivity contribution < 1.29 is 22.7 Å². The summed E-state index contributed by atoms with van der Waals surface area (Å²) in [5, 5.41) is 10.0. The maximum absolute atomic E-state index is 12.4. The van der Waals surface area contributed by atoms with E-state index in [0.29, 0.717) is 5.52 Å². The van der Waals surface area contributed by atoms with Crippen molar-refractivity contribution in [3.63, 3.8) is 0 Å². The molecule has 0 fully saturated rings. The van der Waals surface area contributed by atoms with E-state index in [1.807, 2.05) is 0 Å². The lowest BCUT2D eigenvalue weighted by molar-refractivity contribution is -0.123. The minimum atomic E-state index is -3.80. The van der Waals surface area contributed by atoms with Crippen molar-refractivity contribution in [3.8, 4) is 0 Å². The number of hydrogen-bond donors (Lipinski definition) is 2. The molecule has 0 bridgehead atoms. The number of aromatic amines is 1. The van der Waals surface area contributed by atoms with Crippen molar-refractivity contribution in [2.75, 3.05) is 19.4 Å². The number of sulfonamides is 1. The molecule has 9 nitrogen and oxygen atoms in total. The lowest BCUT2D eigenvalue weighted by Gasteiger charge is -2.16. The zero-order valence-electron chi connectivity index (χ0n) is 16.3. The van der Waals surface area contributed by atoms with E-state index in [1.165, 1.54) is 39.2 Å². The van der Waals surface area contributed by atoms with Crippen LogP contribution >= 0.6 is 11.6 Å². The summed E-state index contributed by atoms with van der Waals surface area (Å²) in [6, 6.07) is 8.92.